The van der Waals surface area contributed by atoms with Gasteiger partial charge in [0.05, 0.1) is 30.6 Å². The highest BCUT2D eigenvalue weighted by atomic mass is 32.2. The zero-order valence-electron chi connectivity index (χ0n) is 40.4. The zero-order chi connectivity index (χ0) is 48.7. The predicted molar refractivity (Wildman–Crippen MR) is 254 cm³/mol. The number of nitrogens with two attached hydrogens (primary N) is 1. The van der Waals surface area contributed by atoms with E-state index in [4.69, 9.17) is 24.7 Å². The number of carbonyl (C=O) groups excluding carboxylic acids is 4. The molecule has 5 N–H and O–H groups in total. The predicted octanol–water partition coefficient (Wildman–Crippen LogP) is 6.45. The van der Waals surface area contributed by atoms with Crippen molar-refractivity contribution >= 4 is 39.7 Å². The summed E-state index contributed by atoms with van der Waals surface area (Å²) in [6.45, 7) is 18.4. The number of rotatable bonds is 19. The van der Waals surface area contributed by atoms with Crippen molar-refractivity contribution < 1.29 is 46.5 Å². The van der Waals surface area contributed by atoms with Crippen molar-refractivity contribution in [3.8, 4) is 16.9 Å². The van der Waals surface area contributed by atoms with Crippen LogP contribution in [0.25, 0.3) is 11.1 Å². The Kier molecular flexibility index (Phi) is 16.7. The first kappa shape index (κ1) is 51.5. The molecule has 2 aliphatic rings. The third-order valence-electron chi connectivity index (χ3n) is 12.6. The van der Waals surface area contributed by atoms with Gasteiger partial charge >= 0.3 is 11.9 Å². The van der Waals surface area contributed by atoms with Crippen LogP contribution in [0.1, 0.15) is 120 Å². The molecule has 16 heteroatoms. The first-order valence-corrected chi connectivity index (χ1v) is 24.3. The Balaban J connectivity index is 1.32. The third kappa shape index (κ3) is 12.5. The van der Waals surface area contributed by atoms with E-state index in [2.05, 4.69) is 20.3 Å². The van der Waals surface area contributed by atoms with Crippen molar-refractivity contribution in [2.75, 3.05) is 26.9 Å². The minimum atomic E-state index is -4.16. The smallest absolute Gasteiger partial charge is 0.330 e. The number of esters is 2. The van der Waals surface area contributed by atoms with Crippen LogP contribution in [0.15, 0.2) is 58.4 Å². The summed E-state index contributed by atoms with van der Waals surface area (Å²) in [6.07, 6.45) is 1.90. The summed E-state index contributed by atoms with van der Waals surface area (Å²) >= 11 is 0. The third-order valence-corrected chi connectivity index (χ3v) is 14.2. The van der Waals surface area contributed by atoms with Crippen LogP contribution in [0.4, 0.5) is 0 Å². The number of nitrogens with one attached hydrogen (secondary N) is 3. The van der Waals surface area contributed by atoms with Crippen LogP contribution in [0.5, 0.6) is 5.75 Å². The highest BCUT2D eigenvalue weighted by Crippen LogP contribution is 2.45. The van der Waals surface area contributed by atoms with Crippen LogP contribution in [-0.2, 0) is 49.8 Å². The van der Waals surface area contributed by atoms with Gasteiger partial charge < -0.3 is 35.3 Å². The van der Waals surface area contributed by atoms with Gasteiger partial charge in [-0.1, -0.05) is 68.8 Å². The average molecular weight is 932 g/mol. The summed E-state index contributed by atoms with van der Waals surface area (Å²) in [5.74, 6) is -3.69. The van der Waals surface area contributed by atoms with E-state index in [0.29, 0.717) is 29.7 Å². The van der Waals surface area contributed by atoms with Gasteiger partial charge in [0.1, 0.15) is 24.0 Å². The second kappa shape index (κ2) is 21.4. The lowest BCUT2D eigenvalue weighted by Crippen LogP contribution is -2.56. The number of aliphatic imine (C=N–C) groups is 1. The molecule has 3 aromatic carbocycles. The van der Waals surface area contributed by atoms with Crippen LogP contribution in [0, 0.1) is 32.6 Å². The zero-order valence-corrected chi connectivity index (χ0v) is 41.2. The Labute approximate surface area is 390 Å². The molecule has 66 heavy (non-hydrogen) atoms. The standard InChI is InChI=1S/C50H69N5O10S/c1-12-29(2)42(46(58)53-40(47(59)62-11)28-64-49(6,7)8)54-45(57)33(26-41(56)63-27-39-37-21-15-13-19-35(37)36-20-14-16-22-38(36)39)18-17-25-52-48(51)55-66(60,61)44-31(4)30(3)43-34(32(44)5)23-24-50(9,10)65-43/h13-16,19-22,29,33,39-40,42H,12,17-18,23-28H2,1-11H3,(H,53,58)(H,54,57)(H3,51,52,55)/t29-,33-,40-,42-/m0/s1. The largest absolute Gasteiger partial charge is 0.487 e. The van der Waals surface area contributed by atoms with E-state index in [-0.39, 0.29) is 67.3 Å². The van der Waals surface area contributed by atoms with Gasteiger partial charge in [0.25, 0.3) is 10.0 Å². The maximum absolute atomic E-state index is 14.3. The summed E-state index contributed by atoms with van der Waals surface area (Å²) < 4.78 is 53.0. The fourth-order valence-electron chi connectivity index (χ4n) is 8.59. The summed E-state index contributed by atoms with van der Waals surface area (Å²) in [7, 11) is -2.95. The topological polar surface area (TPSA) is 214 Å². The van der Waals surface area contributed by atoms with Crippen LogP contribution in [0.2, 0.25) is 0 Å². The maximum atomic E-state index is 14.3. The number of carbonyl (C=O) groups is 4. The van der Waals surface area contributed by atoms with Gasteiger partial charge in [0.2, 0.25) is 17.8 Å². The molecule has 2 amide bonds. The molecule has 1 heterocycles. The molecule has 0 saturated carbocycles. The lowest BCUT2D eigenvalue weighted by molar-refractivity contribution is -0.150. The van der Waals surface area contributed by atoms with Gasteiger partial charge in [-0.15, -0.1) is 0 Å². The summed E-state index contributed by atoms with van der Waals surface area (Å²) in [4.78, 5) is 59.0. The lowest BCUT2D eigenvalue weighted by Gasteiger charge is -2.35. The van der Waals surface area contributed by atoms with Crippen LogP contribution in [-0.4, -0.2) is 88.3 Å². The highest BCUT2D eigenvalue weighted by Gasteiger charge is 2.36. The average Bonchev–Trinajstić information content (AvgIpc) is 3.58. The molecule has 0 radical (unpaired) electrons. The Hall–Kier alpha value is -5.48. The highest BCUT2D eigenvalue weighted by molar-refractivity contribution is 7.90. The Bertz CT molecular complexity index is 2380. The molecule has 5 rings (SSSR count). The molecule has 360 valence electrons. The fourth-order valence-corrected chi connectivity index (χ4v) is 10.1. The number of fused-ring (bicyclic) bond motifs is 4. The van der Waals surface area contributed by atoms with Gasteiger partial charge in [-0.05, 0) is 131 Å². The van der Waals surface area contributed by atoms with Gasteiger partial charge in [0, 0.05) is 18.4 Å². The van der Waals surface area contributed by atoms with E-state index in [0.717, 1.165) is 39.8 Å². The molecule has 1 aliphatic heterocycles. The Morgan fingerprint density at radius 1 is 0.939 bits per heavy atom. The van der Waals surface area contributed by atoms with E-state index < -0.39 is 57.4 Å². The van der Waals surface area contributed by atoms with Crippen molar-refractivity contribution in [2.45, 2.75) is 142 Å². The van der Waals surface area contributed by atoms with Gasteiger partial charge in [-0.2, -0.15) is 0 Å². The number of nitrogens with zero attached hydrogens (tertiary/aromatic N) is 1. The Morgan fingerprint density at radius 3 is 2.15 bits per heavy atom. The van der Waals surface area contributed by atoms with Crippen molar-refractivity contribution in [1.82, 2.24) is 15.4 Å². The first-order valence-electron chi connectivity index (χ1n) is 22.8. The van der Waals surface area contributed by atoms with Crippen molar-refractivity contribution in [3.63, 3.8) is 0 Å². The molecule has 0 unspecified atom stereocenters. The Morgan fingerprint density at radius 2 is 1.56 bits per heavy atom. The minimum Gasteiger partial charge on any atom is -0.487 e. The van der Waals surface area contributed by atoms with Crippen LogP contribution in [0.3, 0.4) is 0 Å². The molecule has 0 aromatic heterocycles. The quantitative estimate of drug-likeness (QED) is 0.0444. The molecule has 1 aliphatic carbocycles. The number of hydrogen-bond donors (Lipinski definition) is 4. The number of benzene rings is 3. The molecular weight excluding hydrogens is 863 g/mol. The van der Waals surface area contributed by atoms with Crippen molar-refractivity contribution in [1.29, 1.82) is 0 Å². The molecular formula is C50H69N5O10S. The number of ether oxygens (including phenoxy) is 4. The van der Waals surface area contributed by atoms with Crippen molar-refractivity contribution in [2.24, 2.45) is 22.6 Å². The number of guanidine groups is 1. The molecule has 0 bridgehead atoms. The van der Waals surface area contributed by atoms with Crippen LogP contribution >= 0.6 is 0 Å². The van der Waals surface area contributed by atoms with E-state index in [1.807, 2.05) is 97.0 Å². The SMILES string of the molecule is CC[C@H](C)[C@H](NC(=O)[C@@H](CCCN=C(N)NS(=O)(=O)c1c(C)c(C)c2c(c1C)CCC(C)(C)O2)CC(=O)OCC1c2ccccc2-c2ccccc21)C(=O)N[C@@H](COC(C)(C)C)C(=O)OC. The molecule has 0 fully saturated rings. The molecule has 4 atom stereocenters. The molecule has 0 saturated heterocycles. The minimum absolute atomic E-state index is 0.0107. The first-order chi connectivity index (χ1) is 31.0. The monoisotopic (exact) mass is 931 g/mol. The van der Waals surface area contributed by atoms with E-state index in [9.17, 15) is 27.6 Å². The van der Waals surface area contributed by atoms with Crippen LogP contribution < -0.4 is 25.8 Å². The van der Waals surface area contributed by atoms with E-state index in [1.54, 1.807) is 20.8 Å². The van der Waals surface area contributed by atoms with Gasteiger partial charge in [-0.25, -0.2) is 17.9 Å². The summed E-state index contributed by atoms with van der Waals surface area (Å²) in [5.41, 5.74) is 12.2. The molecule has 15 nitrogen and oxygen atoms in total. The number of methoxy groups -OCH3 is 1. The summed E-state index contributed by atoms with van der Waals surface area (Å²) in [6, 6.07) is 13.7. The van der Waals surface area contributed by atoms with E-state index in [1.165, 1.54) is 7.11 Å². The number of sulfonamides is 1. The van der Waals surface area contributed by atoms with E-state index >= 15 is 0 Å². The second-order valence-corrected chi connectivity index (χ2v) is 20.7. The molecule has 3 aromatic rings. The van der Waals surface area contributed by atoms with Gasteiger partial charge in [0.15, 0.2) is 6.04 Å². The lowest BCUT2D eigenvalue weighted by atomic mass is 9.88. The second-order valence-electron chi connectivity index (χ2n) is 19.1. The van der Waals surface area contributed by atoms with Crippen molar-refractivity contribution in [3.05, 3.63) is 81.9 Å². The number of amides is 2. The fraction of sp³-hybridized carbons (Fsp3) is 0.540. The number of hydrogen-bond acceptors (Lipinski definition) is 11. The summed E-state index contributed by atoms with van der Waals surface area (Å²) in [5, 5.41) is 5.55. The van der Waals surface area contributed by atoms with Gasteiger partial charge in [-0.3, -0.25) is 19.4 Å². The maximum Gasteiger partial charge on any atom is 0.330 e. The molecule has 0 spiro atoms. The normalized spacial score (nSPS) is 16.3.